The van der Waals surface area contributed by atoms with Crippen LogP contribution in [-0.4, -0.2) is 19.6 Å². The minimum Gasteiger partial charge on any atom is -0.497 e. The molecule has 1 amide bonds. The van der Waals surface area contributed by atoms with E-state index in [2.05, 4.69) is 19.2 Å². The van der Waals surface area contributed by atoms with Crippen molar-refractivity contribution >= 4 is 11.6 Å². The number of ether oxygens (including phenoxy) is 1. The fraction of sp³-hybridized carbons (Fsp3) is 0.500. The fourth-order valence-corrected chi connectivity index (χ4v) is 2.09. The number of amides is 1. The van der Waals surface area contributed by atoms with Crippen LogP contribution in [0, 0.1) is 11.3 Å². The van der Waals surface area contributed by atoms with Gasteiger partial charge in [0.1, 0.15) is 5.75 Å². The van der Waals surface area contributed by atoms with E-state index in [-0.39, 0.29) is 5.91 Å². The van der Waals surface area contributed by atoms with Crippen LogP contribution in [0.5, 0.6) is 5.75 Å². The summed E-state index contributed by atoms with van der Waals surface area (Å²) in [6.07, 6.45) is 1.17. The van der Waals surface area contributed by atoms with E-state index >= 15 is 0 Å². The second-order valence-corrected chi connectivity index (χ2v) is 5.55. The van der Waals surface area contributed by atoms with Gasteiger partial charge in [0.2, 0.25) is 0 Å². The highest BCUT2D eigenvalue weighted by Gasteiger charge is 2.45. The Hall–Kier alpha value is -1.71. The van der Waals surface area contributed by atoms with Crippen molar-refractivity contribution in [1.82, 2.24) is 5.32 Å². The van der Waals surface area contributed by atoms with Crippen LogP contribution in [0.4, 0.5) is 5.69 Å². The summed E-state index contributed by atoms with van der Waals surface area (Å²) in [4.78, 5) is 12.0. The van der Waals surface area contributed by atoms with Crippen molar-refractivity contribution in [3.8, 4) is 5.75 Å². The lowest BCUT2D eigenvalue weighted by atomic mass is 10.1. The second-order valence-electron chi connectivity index (χ2n) is 5.55. The van der Waals surface area contributed by atoms with Crippen LogP contribution in [0.25, 0.3) is 0 Å². The van der Waals surface area contributed by atoms with Crippen LogP contribution in [0.3, 0.4) is 0 Å². The van der Waals surface area contributed by atoms with E-state index in [0.29, 0.717) is 34.9 Å². The highest BCUT2D eigenvalue weighted by molar-refractivity contribution is 5.99. The lowest BCUT2D eigenvalue weighted by molar-refractivity contribution is 0.0951. The number of carbonyl (C=O) groups excluding carboxylic acids is 1. The molecule has 1 aromatic rings. The number of nitrogen functional groups attached to an aromatic ring is 1. The molecule has 0 aromatic heterocycles. The lowest BCUT2D eigenvalue weighted by Crippen LogP contribution is -2.27. The Morgan fingerprint density at radius 2 is 2.22 bits per heavy atom. The molecule has 1 atom stereocenters. The maximum atomic E-state index is 12.0. The van der Waals surface area contributed by atoms with Gasteiger partial charge in [-0.25, -0.2) is 0 Å². The second kappa shape index (κ2) is 4.52. The average molecular weight is 248 g/mol. The van der Waals surface area contributed by atoms with Gasteiger partial charge in [0.15, 0.2) is 0 Å². The maximum absolute atomic E-state index is 12.0. The maximum Gasteiger partial charge on any atom is 0.253 e. The highest BCUT2D eigenvalue weighted by atomic mass is 16.5. The number of nitrogens with two attached hydrogens (primary N) is 1. The predicted molar refractivity (Wildman–Crippen MR) is 71.6 cm³/mol. The van der Waals surface area contributed by atoms with Crippen LogP contribution in [-0.2, 0) is 0 Å². The summed E-state index contributed by atoms with van der Waals surface area (Å²) in [5.41, 5.74) is 7.13. The summed E-state index contributed by atoms with van der Waals surface area (Å²) in [7, 11) is 1.57. The number of carbonyl (C=O) groups is 1. The van der Waals surface area contributed by atoms with E-state index in [1.165, 1.54) is 6.42 Å². The summed E-state index contributed by atoms with van der Waals surface area (Å²) in [6, 6.07) is 5.10. The predicted octanol–water partition coefficient (Wildman–Crippen LogP) is 2.05. The normalized spacial score (nSPS) is 20.3. The van der Waals surface area contributed by atoms with Gasteiger partial charge in [0.05, 0.1) is 12.7 Å². The van der Waals surface area contributed by atoms with Crippen LogP contribution < -0.4 is 15.8 Å². The third-order valence-corrected chi connectivity index (χ3v) is 3.73. The van der Waals surface area contributed by atoms with Gasteiger partial charge >= 0.3 is 0 Å². The van der Waals surface area contributed by atoms with Gasteiger partial charge in [-0.1, -0.05) is 13.8 Å². The van der Waals surface area contributed by atoms with Gasteiger partial charge in [-0.3, -0.25) is 4.79 Å². The monoisotopic (exact) mass is 248 g/mol. The van der Waals surface area contributed by atoms with Crippen molar-refractivity contribution in [1.29, 1.82) is 0 Å². The Kier molecular flexibility index (Phi) is 3.20. The summed E-state index contributed by atoms with van der Waals surface area (Å²) >= 11 is 0. The number of rotatable bonds is 4. The number of anilines is 1. The third-order valence-electron chi connectivity index (χ3n) is 3.73. The molecule has 3 N–H and O–H groups in total. The number of hydrogen-bond donors (Lipinski definition) is 2. The van der Waals surface area contributed by atoms with Crippen molar-refractivity contribution in [2.24, 2.45) is 11.3 Å². The standard InChI is InChI=1S/C14H20N2O2/c1-14(2)7-9(14)8-16-13(17)11-6-10(18-3)4-5-12(11)15/h4-6,9H,7-8,15H2,1-3H3,(H,16,17). The van der Waals surface area contributed by atoms with Gasteiger partial charge in [0.25, 0.3) is 5.91 Å². The third kappa shape index (κ3) is 2.58. The number of benzene rings is 1. The molecule has 98 valence electrons. The number of nitrogens with one attached hydrogen (secondary N) is 1. The number of methoxy groups -OCH3 is 1. The Bertz CT molecular complexity index is 469. The Morgan fingerprint density at radius 3 is 2.78 bits per heavy atom. The van der Waals surface area contributed by atoms with Crippen LogP contribution in [0.2, 0.25) is 0 Å². The molecule has 4 heteroatoms. The molecule has 2 rings (SSSR count). The molecule has 1 aromatic carbocycles. The summed E-state index contributed by atoms with van der Waals surface area (Å²) in [5, 5.41) is 2.93. The van der Waals surface area contributed by atoms with Gasteiger partial charge in [-0.15, -0.1) is 0 Å². The molecule has 1 fully saturated rings. The molecule has 18 heavy (non-hydrogen) atoms. The van der Waals surface area contributed by atoms with Gasteiger partial charge in [-0.2, -0.15) is 0 Å². The summed E-state index contributed by atoms with van der Waals surface area (Å²) in [6.45, 7) is 5.13. The minimum atomic E-state index is -0.130. The molecular formula is C14H20N2O2. The molecule has 0 heterocycles. The van der Waals surface area contributed by atoms with E-state index in [4.69, 9.17) is 10.5 Å². The molecule has 0 saturated heterocycles. The SMILES string of the molecule is COc1ccc(N)c(C(=O)NCC2CC2(C)C)c1. The average Bonchev–Trinajstić information content (AvgIpc) is 2.95. The van der Waals surface area contributed by atoms with E-state index < -0.39 is 0 Å². The smallest absolute Gasteiger partial charge is 0.253 e. The van der Waals surface area contributed by atoms with Gasteiger partial charge < -0.3 is 15.8 Å². The first-order valence-corrected chi connectivity index (χ1v) is 6.16. The summed E-state index contributed by atoms with van der Waals surface area (Å²) < 4.78 is 5.10. The van der Waals surface area contributed by atoms with Crippen LogP contribution in [0.15, 0.2) is 18.2 Å². The van der Waals surface area contributed by atoms with Crippen LogP contribution >= 0.6 is 0 Å². The van der Waals surface area contributed by atoms with Gasteiger partial charge in [0, 0.05) is 12.2 Å². The van der Waals surface area contributed by atoms with E-state index in [1.807, 2.05) is 0 Å². The van der Waals surface area contributed by atoms with E-state index in [0.717, 1.165) is 0 Å². The van der Waals surface area contributed by atoms with Crippen molar-refractivity contribution in [3.63, 3.8) is 0 Å². The zero-order valence-corrected chi connectivity index (χ0v) is 11.1. The quantitative estimate of drug-likeness (QED) is 0.802. The zero-order chi connectivity index (χ0) is 13.3. The molecule has 0 bridgehead atoms. The van der Waals surface area contributed by atoms with E-state index in [1.54, 1.807) is 25.3 Å². The van der Waals surface area contributed by atoms with Crippen molar-refractivity contribution < 1.29 is 9.53 Å². The molecule has 0 radical (unpaired) electrons. The Balaban J connectivity index is 2.00. The zero-order valence-electron chi connectivity index (χ0n) is 11.1. The van der Waals surface area contributed by atoms with Crippen molar-refractivity contribution in [2.75, 3.05) is 19.4 Å². The molecule has 4 nitrogen and oxygen atoms in total. The molecule has 1 aliphatic carbocycles. The lowest BCUT2D eigenvalue weighted by Gasteiger charge is -2.10. The molecule has 0 spiro atoms. The van der Waals surface area contributed by atoms with Crippen molar-refractivity contribution in [3.05, 3.63) is 23.8 Å². The molecule has 0 aliphatic heterocycles. The Morgan fingerprint density at radius 1 is 1.56 bits per heavy atom. The molecule has 1 saturated carbocycles. The fourth-order valence-electron chi connectivity index (χ4n) is 2.09. The summed E-state index contributed by atoms with van der Waals surface area (Å²) in [5.74, 6) is 1.09. The van der Waals surface area contributed by atoms with E-state index in [9.17, 15) is 4.79 Å². The molecule has 1 unspecified atom stereocenters. The van der Waals surface area contributed by atoms with Crippen LogP contribution in [0.1, 0.15) is 30.6 Å². The largest absolute Gasteiger partial charge is 0.497 e. The first-order chi connectivity index (χ1) is 8.44. The van der Waals surface area contributed by atoms with Crippen molar-refractivity contribution in [2.45, 2.75) is 20.3 Å². The molecule has 1 aliphatic rings. The topological polar surface area (TPSA) is 64.3 Å². The Labute approximate surface area is 108 Å². The number of hydrogen-bond acceptors (Lipinski definition) is 3. The van der Waals surface area contributed by atoms with Gasteiger partial charge in [-0.05, 0) is 36.0 Å². The first-order valence-electron chi connectivity index (χ1n) is 6.16. The first kappa shape index (κ1) is 12.7. The molecular weight excluding hydrogens is 228 g/mol. The minimum absolute atomic E-state index is 0.130. The highest BCUT2D eigenvalue weighted by Crippen LogP contribution is 2.50.